The number of hydrogen-bond donors (Lipinski definition) is 1. The molecule has 112 valence electrons. The minimum Gasteiger partial charge on any atom is -0.450 e. The summed E-state index contributed by atoms with van der Waals surface area (Å²) in [7, 11) is 1.65. The Kier molecular flexibility index (Phi) is 3.55. The lowest BCUT2D eigenvalue weighted by Crippen LogP contribution is -2.22. The number of hydrogen-bond acceptors (Lipinski definition) is 4. The van der Waals surface area contributed by atoms with Crippen LogP contribution in [0, 0.1) is 0 Å². The van der Waals surface area contributed by atoms with E-state index in [0.29, 0.717) is 11.6 Å². The molecule has 1 N–H and O–H groups in total. The van der Waals surface area contributed by atoms with Crippen molar-refractivity contribution < 1.29 is 4.74 Å². The van der Waals surface area contributed by atoms with Crippen LogP contribution in [-0.4, -0.2) is 9.55 Å². The second-order valence-electron chi connectivity index (χ2n) is 4.77. The van der Waals surface area contributed by atoms with Crippen molar-refractivity contribution in [1.29, 1.82) is 0 Å². The van der Waals surface area contributed by atoms with E-state index in [0.717, 1.165) is 22.2 Å². The number of fused-ring (bicyclic) bond motifs is 3. The minimum absolute atomic E-state index is 0.316. The van der Waals surface area contributed by atoms with Crippen LogP contribution in [0.5, 0.6) is 11.5 Å². The number of aromatic nitrogens is 2. The molecule has 0 unspecified atom stereocenters. The molecular weight excluding hydrogens is 278 g/mol. The van der Waals surface area contributed by atoms with Crippen LogP contribution in [0.2, 0.25) is 0 Å². The second kappa shape index (κ2) is 5.52. The van der Waals surface area contributed by atoms with Gasteiger partial charge in [-0.25, -0.2) is 4.79 Å². The van der Waals surface area contributed by atoms with E-state index in [4.69, 9.17) is 4.74 Å². The van der Waals surface area contributed by atoms with Crippen LogP contribution in [0.1, 0.15) is 13.8 Å². The molecule has 0 spiro atoms. The van der Waals surface area contributed by atoms with Crippen molar-refractivity contribution >= 4 is 22.3 Å². The van der Waals surface area contributed by atoms with Crippen molar-refractivity contribution in [2.45, 2.75) is 13.8 Å². The summed E-state index contributed by atoms with van der Waals surface area (Å²) in [5.41, 5.74) is 0.501. The van der Waals surface area contributed by atoms with Gasteiger partial charge >= 0.3 is 5.69 Å². The molecule has 4 rings (SSSR count). The number of ether oxygens (including phenoxy) is 1. The van der Waals surface area contributed by atoms with Crippen LogP contribution < -0.4 is 15.7 Å². The highest BCUT2D eigenvalue weighted by atomic mass is 16.5. The van der Waals surface area contributed by atoms with Crippen LogP contribution >= 0.6 is 0 Å². The molecule has 0 bridgehead atoms. The van der Waals surface area contributed by atoms with E-state index in [9.17, 15) is 4.79 Å². The Morgan fingerprint density at radius 2 is 1.77 bits per heavy atom. The zero-order valence-electron chi connectivity index (χ0n) is 12.8. The number of nitrogens with one attached hydrogen (secondary N) is 1. The van der Waals surface area contributed by atoms with Gasteiger partial charge in [0.2, 0.25) is 0 Å². The molecule has 1 aliphatic rings. The van der Waals surface area contributed by atoms with Gasteiger partial charge in [0.25, 0.3) is 0 Å². The number of anilines is 2. The van der Waals surface area contributed by atoms with Gasteiger partial charge in [-0.2, -0.15) is 4.98 Å². The SMILES string of the molecule is CC.Cn1cc2c(nc1=O)Nc1cc3ccccc3cc1O2. The standard InChI is InChI=1S/C15H11N3O2.C2H6/c1-18-8-13-14(17-15(18)19)16-11-6-9-4-2-3-5-10(9)7-12(11)20-13;1-2/h2-8H,1H3,(H,16,17,19);1-2H3. The van der Waals surface area contributed by atoms with E-state index >= 15 is 0 Å². The van der Waals surface area contributed by atoms with Crippen molar-refractivity contribution in [2.24, 2.45) is 7.05 Å². The summed E-state index contributed by atoms with van der Waals surface area (Å²) < 4.78 is 7.23. The Bertz CT molecular complexity index is 900. The summed E-state index contributed by atoms with van der Waals surface area (Å²) in [6, 6.07) is 12.0. The first-order valence-electron chi connectivity index (χ1n) is 7.26. The highest BCUT2D eigenvalue weighted by Gasteiger charge is 2.19. The van der Waals surface area contributed by atoms with Gasteiger partial charge in [-0.15, -0.1) is 0 Å². The Morgan fingerprint density at radius 3 is 2.50 bits per heavy atom. The van der Waals surface area contributed by atoms with Gasteiger partial charge in [0, 0.05) is 7.05 Å². The molecule has 0 fully saturated rings. The lowest BCUT2D eigenvalue weighted by atomic mass is 10.1. The normalized spacial score (nSPS) is 11.4. The molecule has 5 heteroatoms. The monoisotopic (exact) mass is 295 g/mol. The average Bonchev–Trinajstić information content (AvgIpc) is 2.54. The maximum atomic E-state index is 11.6. The fourth-order valence-electron chi connectivity index (χ4n) is 2.33. The average molecular weight is 295 g/mol. The van der Waals surface area contributed by atoms with Crippen LogP contribution in [0.3, 0.4) is 0 Å². The van der Waals surface area contributed by atoms with E-state index in [1.165, 1.54) is 4.57 Å². The lowest BCUT2D eigenvalue weighted by Gasteiger charge is -2.21. The lowest BCUT2D eigenvalue weighted by molar-refractivity contribution is 0.470. The summed E-state index contributed by atoms with van der Waals surface area (Å²) in [6.07, 6.45) is 1.63. The van der Waals surface area contributed by atoms with Crippen molar-refractivity contribution in [3.8, 4) is 11.5 Å². The summed E-state index contributed by atoms with van der Waals surface area (Å²) in [6.45, 7) is 4.00. The van der Waals surface area contributed by atoms with Crippen LogP contribution in [0.4, 0.5) is 11.5 Å². The smallest absolute Gasteiger partial charge is 0.349 e. The maximum absolute atomic E-state index is 11.6. The van der Waals surface area contributed by atoms with E-state index < -0.39 is 0 Å². The molecule has 1 aliphatic heterocycles. The van der Waals surface area contributed by atoms with Crippen molar-refractivity contribution in [3.63, 3.8) is 0 Å². The molecular formula is C17H17N3O2. The highest BCUT2D eigenvalue weighted by molar-refractivity contribution is 5.90. The molecule has 2 heterocycles. The van der Waals surface area contributed by atoms with Gasteiger partial charge in [0.15, 0.2) is 17.3 Å². The van der Waals surface area contributed by atoms with E-state index in [1.807, 2.05) is 50.2 Å². The maximum Gasteiger partial charge on any atom is 0.349 e. The van der Waals surface area contributed by atoms with Crippen molar-refractivity contribution in [1.82, 2.24) is 9.55 Å². The second-order valence-corrected chi connectivity index (χ2v) is 4.77. The van der Waals surface area contributed by atoms with Gasteiger partial charge in [0.1, 0.15) is 0 Å². The van der Waals surface area contributed by atoms with E-state index in [1.54, 1.807) is 13.2 Å². The molecule has 0 saturated carbocycles. The number of nitrogens with zero attached hydrogens (tertiary/aromatic N) is 2. The topological polar surface area (TPSA) is 56.2 Å². The van der Waals surface area contributed by atoms with Gasteiger partial charge in [-0.05, 0) is 22.9 Å². The first-order valence-corrected chi connectivity index (χ1v) is 7.26. The number of aryl methyl sites for hydroxylation is 1. The molecule has 5 nitrogen and oxygen atoms in total. The van der Waals surface area contributed by atoms with Crippen molar-refractivity contribution in [3.05, 3.63) is 53.1 Å². The molecule has 2 aromatic carbocycles. The Labute approximate surface area is 128 Å². The molecule has 0 amide bonds. The number of rotatable bonds is 0. The quantitative estimate of drug-likeness (QED) is 0.536. The van der Waals surface area contributed by atoms with Crippen molar-refractivity contribution in [2.75, 3.05) is 5.32 Å². The van der Waals surface area contributed by atoms with E-state index in [2.05, 4.69) is 10.3 Å². The Morgan fingerprint density at radius 1 is 1.09 bits per heavy atom. The summed E-state index contributed by atoms with van der Waals surface area (Å²) in [5, 5.41) is 5.36. The van der Waals surface area contributed by atoms with E-state index in [-0.39, 0.29) is 5.69 Å². The third-order valence-corrected chi connectivity index (χ3v) is 3.37. The van der Waals surface area contributed by atoms with Crippen LogP contribution in [-0.2, 0) is 7.05 Å². The van der Waals surface area contributed by atoms with Crippen LogP contribution in [0.15, 0.2) is 47.4 Å². The molecule has 0 aliphatic carbocycles. The third kappa shape index (κ3) is 2.30. The summed E-state index contributed by atoms with van der Waals surface area (Å²) in [5.74, 6) is 1.74. The number of benzene rings is 2. The Hall–Kier alpha value is -2.82. The molecule has 0 radical (unpaired) electrons. The predicted octanol–water partition coefficient (Wildman–Crippen LogP) is 3.81. The summed E-state index contributed by atoms with van der Waals surface area (Å²) >= 11 is 0. The van der Waals surface area contributed by atoms with Gasteiger partial charge in [-0.3, -0.25) is 4.57 Å². The third-order valence-electron chi connectivity index (χ3n) is 3.37. The minimum atomic E-state index is -0.316. The Balaban J connectivity index is 0.000000693. The van der Waals surface area contributed by atoms with Gasteiger partial charge < -0.3 is 10.1 Å². The van der Waals surface area contributed by atoms with Gasteiger partial charge in [-0.1, -0.05) is 38.1 Å². The zero-order chi connectivity index (χ0) is 15.7. The molecule has 0 atom stereocenters. The molecule has 1 aromatic heterocycles. The predicted molar refractivity (Wildman–Crippen MR) is 88.1 cm³/mol. The zero-order valence-corrected chi connectivity index (χ0v) is 12.8. The highest BCUT2D eigenvalue weighted by Crippen LogP contribution is 2.41. The molecule has 0 saturated heterocycles. The van der Waals surface area contributed by atoms with Gasteiger partial charge in [0.05, 0.1) is 11.9 Å². The fraction of sp³-hybridized carbons (Fsp3) is 0.176. The molecule has 22 heavy (non-hydrogen) atoms. The van der Waals surface area contributed by atoms with Crippen LogP contribution in [0.25, 0.3) is 10.8 Å². The first-order chi connectivity index (χ1) is 10.7. The largest absolute Gasteiger partial charge is 0.450 e. The first kappa shape index (κ1) is 14.1. The molecule has 3 aromatic rings. The fourth-order valence-corrected chi connectivity index (χ4v) is 2.33. The summed E-state index contributed by atoms with van der Waals surface area (Å²) in [4.78, 5) is 15.5.